The molecule has 1 fully saturated rings. The zero-order chi connectivity index (χ0) is 33.5. The monoisotopic (exact) mass is 692 g/mol. The van der Waals surface area contributed by atoms with Gasteiger partial charge in [0.1, 0.15) is 10.7 Å². The topological polar surface area (TPSA) is 128 Å². The minimum atomic E-state index is -4.60. The molecule has 3 rings (SSSR count). The number of nitrogens with one attached hydrogen (secondary N) is 1. The zero-order valence-corrected chi connectivity index (χ0v) is 28.5. The number of carbonyl (C=O) groups excluding carboxylic acids is 4. The molecule has 250 valence electrons. The molecule has 10 nitrogen and oxygen atoms in total. The summed E-state index contributed by atoms with van der Waals surface area (Å²) in [6, 6.07) is -1.02. The van der Waals surface area contributed by atoms with Gasteiger partial charge in [0.25, 0.3) is 5.91 Å². The van der Waals surface area contributed by atoms with Crippen molar-refractivity contribution >= 4 is 58.2 Å². The highest BCUT2D eigenvalue weighted by Crippen LogP contribution is 2.33. The molecule has 0 aromatic carbocycles. The molecule has 1 N–H and O–H groups in total. The maximum Gasteiger partial charge on any atom is 0.434 e. The van der Waals surface area contributed by atoms with Crippen LogP contribution in [0.4, 0.5) is 13.2 Å². The Morgan fingerprint density at radius 1 is 1.09 bits per heavy atom. The minimum absolute atomic E-state index is 0.0194. The molecule has 45 heavy (non-hydrogen) atoms. The van der Waals surface area contributed by atoms with Crippen LogP contribution in [0.5, 0.6) is 0 Å². The Labute approximate surface area is 272 Å². The molecule has 0 spiro atoms. The van der Waals surface area contributed by atoms with Gasteiger partial charge >= 0.3 is 18.1 Å². The van der Waals surface area contributed by atoms with E-state index in [1.54, 1.807) is 18.9 Å². The molecule has 16 heteroatoms. The lowest BCUT2D eigenvalue weighted by atomic mass is 9.95. The van der Waals surface area contributed by atoms with Crippen molar-refractivity contribution in [2.75, 3.05) is 25.7 Å². The summed E-state index contributed by atoms with van der Waals surface area (Å²) in [5, 5.41) is 5.69. The molecule has 2 aromatic heterocycles. The Morgan fingerprint density at radius 2 is 1.78 bits per heavy atom. The first kappa shape index (κ1) is 36.7. The van der Waals surface area contributed by atoms with Crippen molar-refractivity contribution in [3.63, 3.8) is 0 Å². The Balaban J connectivity index is 1.78. The van der Waals surface area contributed by atoms with Gasteiger partial charge < -0.3 is 19.7 Å². The molecule has 2 aromatic rings. The highest BCUT2D eigenvalue weighted by molar-refractivity contribution is 8.00. The van der Waals surface area contributed by atoms with Crippen LogP contribution in [0.15, 0.2) is 10.8 Å². The molecule has 0 bridgehead atoms. The number of esters is 2. The predicted molar refractivity (Wildman–Crippen MR) is 166 cm³/mol. The molecule has 0 aliphatic carbocycles. The van der Waals surface area contributed by atoms with Gasteiger partial charge in [-0.25, -0.2) is 9.97 Å². The molecule has 1 aliphatic rings. The Morgan fingerprint density at radius 3 is 2.31 bits per heavy atom. The van der Waals surface area contributed by atoms with Crippen LogP contribution in [0.3, 0.4) is 0 Å². The van der Waals surface area contributed by atoms with Crippen molar-refractivity contribution in [2.24, 2.45) is 17.8 Å². The second-order valence-electron chi connectivity index (χ2n) is 11.5. The lowest BCUT2D eigenvalue weighted by molar-refractivity contribution is -0.148. The first-order chi connectivity index (χ1) is 21.1. The number of carbonyl (C=O) groups is 4. The molecule has 1 unspecified atom stereocenters. The number of hydrogen-bond acceptors (Lipinski definition) is 11. The van der Waals surface area contributed by atoms with E-state index in [-0.39, 0.29) is 47.8 Å². The van der Waals surface area contributed by atoms with Crippen LogP contribution in [0, 0.1) is 17.8 Å². The number of aromatic nitrogens is 2. The summed E-state index contributed by atoms with van der Waals surface area (Å²) < 4.78 is 49.7. The fraction of sp³-hybridized carbons (Fsp3) is 0.655. The van der Waals surface area contributed by atoms with E-state index in [0.717, 1.165) is 39.6 Å². The van der Waals surface area contributed by atoms with Gasteiger partial charge in [0.05, 0.1) is 18.0 Å². The van der Waals surface area contributed by atoms with Crippen molar-refractivity contribution < 1.29 is 41.8 Å². The number of thioether (sulfide) groups is 1. The van der Waals surface area contributed by atoms with Crippen LogP contribution >= 0.6 is 34.4 Å². The SMILES string of the molecule is COC(=O)[C@@H](C)C[C@H](Cc1nc(C(F)(F)F)cs1)NC(=O)c1csc([C@@H](CC(C(C)C)N(C)C(=O)CC2CSC2)OC(C)=O)n1. The van der Waals surface area contributed by atoms with Crippen LogP contribution in [-0.4, -0.2) is 76.4 Å². The third-order valence-corrected chi connectivity index (χ3v) is 10.7. The van der Waals surface area contributed by atoms with Gasteiger partial charge in [0.2, 0.25) is 5.91 Å². The number of methoxy groups -OCH3 is 1. The normalized spacial score (nSPS) is 16.3. The average molecular weight is 693 g/mol. The summed E-state index contributed by atoms with van der Waals surface area (Å²) in [5.41, 5.74) is -1.01. The Kier molecular flexibility index (Phi) is 13.2. The fourth-order valence-electron chi connectivity index (χ4n) is 4.94. The van der Waals surface area contributed by atoms with E-state index in [9.17, 15) is 32.3 Å². The highest BCUT2D eigenvalue weighted by atomic mass is 32.2. The standard InChI is InChI=1S/C29H39F3N4O6S3/c1-15(2)21(36(5)25(38)8-18-11-43-12-18)10-22(42-17(4)37)27-34-20(13-45-27)26(39)33-19(7-16(3)28(40)41-6)9-24-35-23(14-44-24)29(30,31)32/h13-16,18-19,21-22H,7-12H2,1-6H3,(H,33,39)/t16-,19+,21?,22+/m0/s1. The smallest absolute Gasteiger partial charge is 0.434 e. The maximum atomic E-state index is 13.3. The van der Waals surface area contributed by atoms with E-state index < -0.39 is 47.8 Å². The fourth-order valence-corrected chi connectivity index (χ4v) is 7.46. The number of amides is 2. The molecule has 2 amide bonds. The van der Waals surface area contributed by atoms with Crippen LogP contribution in [0.2, 0.25) is 0 Å². The number of rotatable bonds is 15. The van der Waals surface area contributed by atoms with Gasteiger partial charge in [-0.05, 0) is 29.8 Å². The largest absolute Gasteiger partial charge is 0.469 e. The first-order valence-corrected chi connectivity index (χ1v) is 17.4. The molecule has 0 saturated carbocycles. The van der Waals surface area contributed by atoms with Crippen LogP contribution in [0.1, 0.15) is 79.3 Å². The van der Waals surface area contributed by atoms with Crippen LogP contribution in [0.25, 0.3) is 0 Å². The lowest BCUT2D eigenvalue weighted by Crippen LogP contribution is -2.43. The number of alkyl halides is 3. The van der Waals surface area contributed by atoms with Gasteiger partial charge in [-0.3, -0.25) is 19.2 Å². The van der Waals surface area contributed by atoms with Gasteiger partial charge in [0.15, 0.2) is 11.8 Å². The number of ether oxygens (including phenoxy) is 2. The number of thiazole rings is 2. The van der Waals surface area contributed by atoms with E-state index in [4.69, 9.17) is 9.47 Å². The van der Waals surface area contributed by atoms with E-state index in [2.05, 4.69) is 15.3 Å². The summed E-state index contributed by atoms with van der Waals surface area (Å²) in [5.74, 6) is 0.0223. The van der Waals surface area contributed by atoms with Gasteiger partial charge in [-0.2, -0.15) is 24.9 Å². The van der Waals surface area contributed by atoms with Crippen molar-refractivity contribution in [1.29, 1.82) is 0 Å². The Bertz CT molecular complexity index is 1330. The molecule has 1 saturated heterocycles. The van der Waals surface area contributed by atoms with E-state index in [1.807, 2.05) is 25.6 Å². The first-order valence-electron chi connectivity index (χ1n) is 14.4. The summed E-state index contributed by atoms with van der Waals surface area (Å²) in [7, 11) is 2.98. The number of nitrogens with zero attached hydrogens (tertiary/aromatic N) is 3. The molecular weight excluding hydrogens is 654 g/mol. The quantitative estimate of drug-likeness (QED) is 0.245. The van der Waals surface area contributed by atoms with Gasteiger partial charge in [-0.15, -0.1) is 22.7 Å². The highest BCUT2D eigenvalue weighted by Gasteiger charge is 2.35. The Hall–Kier alpha value is -2.72. The van der Waals surface area contributed by atoms with Crippen molar-refractivity contribution in [3.8, 4) is 0 Å². The second-order valence-corrected chi connectivity index (χ2v) is 14.4. The predicted octanol–water partition coefficient (Wildman–Crippen LogP) is 5.39. The van der Waals surface area contributed by atoms with Crippen molar-refractivity contribution in [3.05, 3.63) is 32.2 Å². The summed E-state index contributed by atoms with van der Waals surface area (Å²) in [6.45, 7) is 6.83. The molecule has 4 atom stereocenters. The molecule has 1 aliphatic heterocycles. The third-order valence-electron chi connectivity index (χ3n) is 7.46. The van der Waals surface area contributed by atoms with Crippen molar-refractivity contribution in [1.82, 2.24) is 20.2 Å². The van der Waals surface area contributed by atoms with E-state index in [1.165, 1.54) is 19.4 Å². The third kappa shape index (κ3) is 10.7. The lowest BCUT2D eigenvalue weighted by Gasteiger charge is -2.35. The zero-order valence-electron chi connectivity index (χ0n) is 26.0. The summed E-state index contributed by atoms with van der Waals surface area (Å²) in [6.07, 6.45) is -4.64. The van der Waals surface area contributed by atoms with Crippen LogP contribution in [-0.2, 0) is 36.5 Å². The second kappa shape index (κ2) is 16.2. The molecule has 3 heterocycles. The molecular formula is C29H39F3N4O6S3. The number of halogens is 3. The van der Waals surface area contributed by atoms with Crippen LogP contribution < -0.4 is 5.32 Å². The van der Waals surface area contributed by atoms with Crippen molar-refractivity contribution in [2.45, 2.75) is 77.7 Å². The average Bonchev–Trinajstić information content (AvgIpc) is 3.62. The van der Waals surface area contributed by atoms with Gasteiger partial charge in [-0.1, -0.05) is 20.8 Å². The summed E-state index contributed by atoms with van der Waals surface area (Å²) in [4.78, 5) is 60.3. The minimum Gasteiger partial charge on any atom is -0.469 e. The van der Waals surface area contributed by atoms with E-state index >= 15 is 0 Å². The molecule has 0 radical (unpaired) electrons. The maximum absolute atomic E-state index is 13.3. The summed E-state index contributed by atoms with van der Waals surface area (Å²) >= 11 is 3.74. The number of hydrogen-bond donors (Lipinski definition) is 1. The van der Waals surface area contributed by atoms with E-state index in [0.29, 0.717) is 17.3 Å². The van der Waals surface area contributed by atoms with Gasteiger partial charge in [0, 0.05) is 56.1 Å².